The van der Waals surface area contributed by atoms with Crippen molar-refractivity contribution in [3.05, 3.63) is 48.7 Å². The number of hydrogen-bond acceptors (Lipinski definition) is 7. The highest BCUT2D eigenvalue weighted by Crippen LogP contribution is 2.29. The van der Waals surface area contributed by atoms with Crippen molar-refractivity contribution in [3.63, 3.8) is 0 Å². The number of aromatic amines is 1. The van der Waals surface area contributed by atoms with Crippen LogP contribution in [-0.2, 0) is 0 Å². The van der Waals surface area contributed by atoms with Gasteiger partial charge in [-0.1, -0.05) is 18.2 Å². The summed E-state index contributed by atoms with van der Waals surface area (Å²) < 4.78 is 0. The van der Waals surface area contributed by atoms with Gasteiger partial charge in [-0.05, 0) is 30.9 Å². The molecular formula is C18H21N7S. The molecule has 1 aromatic carbocycles. The third-order valence-corrected chi connectivity index (χ3v) is 5.10. The summed E-state index contributed by atoms with van der Waals surface area (Å²) in [7, 11) is 2.15. The van der Waals surface area contributed by atoms with Gasteiger partial charge in [-0.15, -0.1) is 0 Å². The predicted molar refractivity (Wildman–Crippen MR) is 104 cm³/mol. The first kappa shape index (κ1) is 16.9. The van der Waals surface area contributed by atoms with Crippen LogP contribution in [0, 0.1) is 0 Å². The normalized spacial score (nSPS) is 15.2. The molecule has 0 radical (unpaired) electrons. The van der Waals surface area contributed by atoms with Crippen molar-refractivity contribution >= 4 is 29.2 Å². The zero-order valence-electron chi connectivity index (χ0n) is 14.6. The third kappa shape index (κ3) is 4.14. The summed E-state index contributed by atoms with van der Waals surface area (Å²) in [4.78, 5) is 15.2. The molecule has 134 valence electrons. The van der Waals surface area contributed by atoms with Crippen molar-refractivity contribution < 1.29 is 0 Å². The molecule has 0 atom stereocenters. The summed E-state index contributed by atoms with van der Waals surface area (Å²) in [5.41, 5.74) is 0. The van der Waals surface area contributed by atoms with Crippen molar-refractivity contribution in [2.75, 3.05) is 43.4 Å². The SMILES string of the molecule is CN1CCN(c2cc(Nc3cc[nH]n3)nc(Sc3ccccc3)n2)CC1. The van der Waals surface area contributed by atoms with E-state index in [-0.39, 0.29) is 0 Å². The maximum atomic E-state index is 4.80. The molecule has 0 unspecified atom stereocenters. The van der Waals surface area contributed by atoms with E-state index in [1.54, 1.807) is 18.0 Å². The number of rotatable bonds is 5. The van der Waals surface area contributed by atoms with Gasteiger partial charge in [-0.3, -0.25) is 5.10 Å². The summed E-state index contributed by atoms with van der Waals surface area (Å²) in [5, 5.41) is 10.9. The molecule has 8 heteroatoms. The first-order valence-electron chi connectivity index (χ1n) is 8.58. The summed E-state index contributed by atoms with van der Waals surface area (Å²) in [5.74, 6) is 2.44. The second-order valence-electron chi connectivity index (χ2n) is 6.18. The Morgan fingerprint density at radius 2 is 1.81 bits per heavy atom. The molecule has 0 aliphatic carbocycles. The molecular weight excluding hydrogens is 346 g/mol. The molecule has 1 aliphatic rings. The molecule has 0 bridgehead atoms. The molecule has 1 saturated heterocycles. The van der Waals surface area contributed by atoms with Gasteiger partial charge < -0.3 is 15.1 Å². The van der Waals surface area contributed by atoms with E-state index >= 15 is 0 Å². The quantitative estimate of drug-likeness (QED) is 0.672. The molecule has 1 fully saturated rings. The average Bonchev–Trinajstić information content (AvgIpc) is 3.16. The van der Waals surface area contributed by atoms with Crippen LogP contribution in [0.5, 0.6) is 0 Å². The van der Waals surface area contributed by atoms with Crippen LogP contribution in [0.2, 0.25) is 0 Å². The van der Waals surface area contributed by atoms with E-state index in [9.17, 15) is 0 Å². The molecule has 3 aromatic rings. The van der Waals surface area contributed by atoms with Crippen LogP contribution >= 0.6 is 11.8 Å². The number of hydrogen-bond donors (Lipinski definition) is 2. The molecule has 0 spiro atoms. The van der Waals surface area contributed by atoms with Crippen molar-refractivity contribution in [2.24, 2.45) is 0 Å². The van der Waals surface area contributed by atoms with Crippen LogP contribution in [0.15, 0.2) is 58.7 Å². The first-order chi connectivity index (χ1) is 12.8. The van der Waals surface area contributed by atoms with Crippen LogP contribution in [0.25, 0.3) is 0 Å². The van der Waals surface area contributed by atoms with Crippen molar-refractivity contribution in [1.82, 2.24) is 25.1 Å². The van der Waals surface area contributed by atoms with Gasteiger partial charge in [0.1, 0.15) is 11.6 Å². The minimum Gasteiger partial charge on any atom is -0.354 e. The van der Waals surface area contributed by atoms with Crippen LogP contribution in [0.4, 0.5) is 17.5 Å². The van der Waals surface area contributed by atoms with Gasteiger partial charge in [0, 0.05) is 49.4 Å². The van der Waals surface area contributed by atoms with E-state index in [1.807, 2.05) is 30.3 Å². The Kier molecular flexibility index (Phi) is 5.03. The Balaban J connectivity index is 1.62. The van der Waals surface area contributed by atoms with Gasteiger partial charge in [0.2, 0.25) is 0 Å². The minimum absolute atomic E-state index is 0.727. The Morgan fingerprint density at radius 1 is 1.00 bits per heavy atom. The fourth-order valence-corrected chi connectivity index (χ4v) is 3.56. The highest BCUT2D eigenvalue weighted by molar-refractivity contribution is 7.99. The Labute approximate surface area is 156 Å². The number of anilines is 3. The number of benzene rings is 1. The van der Waals surface area contributed by atoms with E-state index in [0.29, 0.717) is 0 Å². The lowest BCUT2D eigenvalue weighted by Gasteiger charge is -2.33. The summed E-state index contributed by atoms with van der Waals surface area (Å²) in [6.07, 6.45) is 1.78. The van der Waals surface area contributed by atoms with Gasteiger partial charge in [0.25, 0.3) is 0 Å². The number of nitrogens with one attached hydrogen (secondary N) is 2. The van der Waals surface area contributed by atoms with Gasteiger partial charge >= 0.3 is 0 Å². The van der Waals surface area contributed by atoms with Gasteiger partial charge in [0.05, 0.1) is 0 Å². The third-order valence-electron chi connectivity index (χ3n) is 4.23. The van der Waals surface area contributed by atoms with Gasteiger partial charge in [-0.25, -0.2) is 9.97 Å². The first-order valence-corrected chi connectivity index (χ1v) is 9.40. The van der Waals surface area contributed by atoms with Crippen LogP contribution < -0.4 is 10.2 Å². The largest absolute Gasteiger partial charge is 0.354 e. The topological polar surface area (TPSA) is 73.0 Å². The zero-order valence-corrected chi connectivity index (χ0v) is 15.4. The highest BCUT2D eigenvalue weighted by Gasteiger charge is 2.17. The smallest absolute Gasteiger partial charge is 0.196 e. The van der Waals surface area contributed by atoms with E-state index in [1.165, 1.54) is 0 Å². The van der Waals surface area contributed by atoms with E-state index in [2.05, 4.69) is 49.5 Å². The lowest BCUT2D eigenvalue weighted by Crippen LogP contribution is -2.44. The van der Waals surface area contributed by atoms with Crippen molar-refractivity contribution in [2.45, 2.75) is 10.1 Å². The molecule has 3 heterocycles. The number of H-pyrrole nitrogens is 1. The van der Waals surface area contributed by atoms with Crippen LogP contribution in [-0.4, -0.2) is 58.3 Å². The summed E-state index contributed by atoms with van der Waals surface area (Å²) in [6.45, 7) is 4.00. The second-order valence-corrected chi connectivity index (χ2v) is 7.22. The second kappa shape index (κ2) is 7.76. The van der Waals surface area contributed by atoms with E-state index in [0.717, 1.165) is 53.7 Å². The molecule has 2 aromatic heterocycles. The monoisotopic (exact) mass is 367 g/mol. The molecule has 0 amide bonds. The lowest BCUT2D eigenvalue weighted by molar-refractivity contribution is 0.312. The average molecular weight is 367 g/mol. The fraction of sp³-hybridized carbons (Fsp3) is 0.278. The fourth-order valence-electron chi connectivity index (χ4n) is 2.78. The van der Waals surface area contributed by atoms with Crippen molar-refractivity contribution in [1.29, 1.82) is 0 Å². The predicted octanol–water partition coefficient (Wildman–Crippen LogP) is 2.85. The van der Waals surface area contributed by atoms with E-state index < -0.39 is 0 Å². The number of nitrogens with zero attached hydrogens (tertiary/aromatic N) is 5. The minimum atomic E-state index is 0.727. The molecule has 4 rings (SSSR count). The van der Waals surface area contributed by atoms with Gasteiger partial charge in [-0.2, -0.15) is 5.10 Å². The number of piperazine rings is 1. The van der Waals surface area contributed by atoms with Gasteiger partial charge in [0.15, 0.2) is 11.0 Å². The standard InChI is InChI=1S/C18H21N7S/c1-24-9-11-25(12-10-24)17-13-16(20-15-7-8-19-23-15)21-18(22-17)26-14-5-3-2-4-6-14/h2-8,13H,9-12H2,1H3,(H2,19,20,21,22,23). The molecule has 0 saturated carbocycles. The molecule has 7 nitrogen and oxygen atoms in total. The highest BCUT2D eigenvalue weighted by atomic mass is 32.2. The van der Waals surface area contributed by atoms with E-state index in [4.69, 9.17) is 4.98 Å². The Morgan fingerprint density at radius 3 is 2.54 bits per heavy atom. The maximum absolute atomic E-state index is 4.80. The lowest BCUT2D eigenvalue weighted by atomic mass is 10.3. The van der Waals surface area contributed by atoms with Crippen molar-refractivity contribution in [3.8, 4) is 0 Å². The zero-order chi connectivity index (χ0) is 17.8. The number of likely N-dealkylation sites (N-methyl/N-ethyl adjacent to an activating group) is 1. The Bertz CT molecular complexity index is 830. The maximum Gasteiger partial charge on any atom is 0.196 e. The number of aromatic nitrogens is 4. The Hall–Kier alpha value is -2.58. The summed E-state index contributed by atoms with van der Waals surface area (Å²) in [6, 6.07) is 14.1. The molecule has 1 aliphatic heterocycles. The van der Waals surface area contributed by atoms with Crippen LogP contribution in [0.1, 0.15) is 0 Å². The molecule has 26 heavy (non-hydrogen) atoms. The summed E-state index contributed by atoms with van der Waals surface area (Å²) >= 11 is 1.57. The molecule has 2 N–H and O–H groups in total. The van der Waals surface area contributed by atoms with Crippen LogP contribution in [0.3, 0.4) is 0 Å².